The lowest BCUT2D eigenvalue weighted by Crippen LogP contribution is -2.33. The normalized spacial score (nSPS) is 22.5. The van der Waals surface area contributed by atoms with Gasteiger partial charge in [0.2, 0.25) is 5.13 Å². The third kappa shape index (κ3) is 3.44. The second-order valence-electron chi connectivity index (χ2n) is 6.64. The van der Waals surface area contributed by atoms with Gasteiger partial charge in [0.1, 0.15) is 11.9 Å². The van der Waals surface area contributed by atoms with Crippen molar-refractivity contribution < 1.29 is 4.74 Å². The summed E-state index contributed by atoms with van der Waals surface area (Å²) in [5, 5.41) is 4.40. The van der Waals surface area contributed by atoms with Crippen molar-refractivity contribution >= 4 is 16.7 Å². The fraction of sp³-hybridized carbons (Fsp3) is 0.562. The summed E-state index contributed by atoms with van der Waals surface area (Å²) in [6, 6.07) is 4.26. The van der Waals surface area contributed by atoms with Crippen molar-refractivity contribution in [2.24, 2.45) is 0 Å². The van der Waals surface area contributed by atoms with Crippen molar-refractivity contribution in [3.63, 3.8) is 0 Å². The summed E-state index contributed by atoms with van der Waals surface area (Å²) in [6.45, 7) is 7.18. The summed E-state index contributed by atoms with van der Waals surface area (Å²) in [7, 11) is 0. The number of aromatic nitrogens is 3. The molecule has 0 saturated carbocycles. The smallest absolute Gasteiger partial charge is 0.202 e. The van der Waals surface area contributed by atoms with Crippen LogP contribution in [0.3, 0.4) is 0 Å². The van der Waals surface area contributed by atoms with E-state index < -0.39 is 0 Å². The Hall–Kier alpha value is -1.53. The molecule has 1 aliphatic rings. The molecule has 1 saturated heterocycles. The molecule has 0 radical (unpaired) electrons. The van der Waals surface area contributed by atoms with Crippen molar-refractivity contribution in [3.05, 3.63) is 35.9 Å². The van der Waals surface area contributed by atoms with Crippen LogP contribution in [-0.2, 0) is 10.2 Å². The maximum absolute atomic E-state index is 5.99. The Balaban J connectivity index is 1.76. The minimum atomic E-state index is -0.0238. The summed E-state index contributed by atoms with van der Waals surface area (Å²) in [5.74, 6) is 0.886. The highest BCUT2D eigenvalue weighted by molar-refractivity contribution is 7.09. The monoisotopic (exact) mass is 318 g/mol. The van der Waals surface area contributed by atoms with Crippen LogP contribution in [0.2, 0.25) is 0 Å². The number of hydrogen-bond acceptors (Lipinski definition) is 6. The third-order valence-corrected chi connectivity index (χ3v) is 4.41. The van der Waals surface area contributed by atoms with Crippen molar-refractivity contribution in [2.45, 2.75) is 51.2 Å². The zero-order valence-corrected chi connectivity index (χ0v) is 14.1. The average molecular weight is 318 g/mol. The second kappa shape index (κ2) is 6.30. The van der Waals surface area contributed by atoms with Crippen LogP contribution >= 0.6 is 11.5 Å². The summed E-state index contributed by atoms with van der Waals surface area (Å²) < 4.78 is 10.5. The summed E-state index contributed by atoms with van der Waals surface area (Å²) >= 11 is 1.43. The molecule has 0 unspecified atom stereocenters. The third-order valence-electron chi connectivity index (χ3n) is 3.76. The van der Waals surface area contributed by atoms with E-state index in [2.05, 4.69) is 40.4 Å². The molecule has 0 amide bonds. The van der Waals surface area contributed by atoms with Gasteiger partial charge in [-0.15, -0.1) is 0 Å². The number of rotatable bonds is 3. The fourth-order valence-corrected chi connectivity index (χ4v) is 3.37. The molecular formula is C16H22N4OS. The Morgan fingerprint density at radius 3 is 2.73 bits per heavy atom. The SMILES string of the molecule is CC(C)(C)c1nsc(N[C@H]2CCCO[C@@H]2c2ccncc2)n1. The van der Waals surface area contributed by atoms with Crippen LogP contribution in [0.15, 0.2) is 24.5 Å². The Labute approximate surface area is 135 Å². The molecule has 1 N–H and O–H groups in total. The van der Waals surface area contributed by atoms with Gasteiger partial charge in [0.25, 0.3) is 0 Å². The van der Waals surface area contributed by atoms with Gasteiger partial charge in [0.05, 0.1) is 6.04 Å². The molecule has 0 spiro atoms. The number of pyridine rings is 1. The molecule has 118 valence electrons. The Morgan fingerprint density at radius 2 is 2.05 bits per heavy atom. The first kappa shape index (κ1) is 15.4. The topological polar surface area (TPSA) is 59.9 Å². The van der Waals surface area contributed by atoms with Crippen molar-refractivity contribution in [1.82, 2.24) is 14.3 Å². The van der Waals surface area contributed by atoms with Gasteiger partial charge in [-0.05, 0) is 30.5 Å². The van der Waals surface area contributed by atoms with Crippen molar-refractivity contribution in [2.75, 3.05) is 11.9 Å². The minimum Gasteiger partial charge on any atom is -0.371 e. The first-order chi connectivity index (χ1) is 10.5. The highest BCUT2D eigenvalue weighted by Crippen LogP contribution is 2.31. The zero-order valence-electron chi connectivity index (χ0n) is 13.2. The Kier molecular flexibility index (Phi) is 4.40. The van der Waals surface area contributed by atoms with Gasteiger partial charge in [-0.2, -0.15) is 4.37 Å². The maximum atomic E-state index is 5.99. The predicted molar refractivity (Wildman–Crippen MR) is 88.2 cm³/mol. The molecule has 2 aromatic heterocycles. The van der Waals surface area contributed by atoms with E-state index in [9.17, 15) is 0 Å². The lowest BCUT2D eigenvalue weighted by Gasteiger charge is -2.32. The van der Waals surface area contributed by atoms with Crippen LogP contribution in [-0.4, -0.2) is 27.0 Å². The zero-order chi connectivity index (χ0) is 15.6. The molecule has 0 aliphatic carbocycles. The number of ether oxygens (including phenoxy) is 1. The van der Waals surface area contributed by atoms with E-state index in [0.717, 1.165) is 36.0 Å². The minimum absolute atomic E-state index is 0.0238. The van der Waals surface area contributed by atoms with E-state index in [1.807, 2.05) is 24.5 Å². The van der Waals surface area contributed by atoms with Gasteiger partial charge in [0.15, 0.2) is 0 Å². The van der Waals surface area contributed by atoms with Gasteiger partial charge in [0, 0.05) is 35.9 Å². The van der Waals surface area contributed by atoms with Crippen LogP contribution in [0.4, 0.5) is 5.13 Å². The highest BCUT2D eigenvalue weighted by Gasteiger charge is 2.29. The van der Waals surface area contributed by atoms with Crippen LogP contribution in [0.25, 0.3) is 0 Å². The molecule has 5 nitrogen and oxygen atoms in total. The molecule has 3 heterocycles. The van der Waals surface area contributed by atoms with Crippen LogP contribution in [0.1, 0.15) is 51.1 Å². The van der Waals surface area contributed by atoms with Gasteiger partial charge >= 0.3 is 0 Å². The Morgan fingerprint density at radius 1 is 1.27 bits per heavy atom. The van der Waals surface area contributed by atoms with E-state index in [1.165, 1.54) is 11.5 Å². The van der Waals surface area contributed by atoms with E-state index >= 15 is 0 Å². The summed E-state index contributed by atoms with van der Waals surface area (Å²) in [4.78, 5) is 8.72. The number of hydrogen-bond donors (Lipinski definition) is 1. The van der Waals surface area contributed by atoms with Crippen molar-refractivity contribution in [3.8, 4) is 0 Å². The molecule has 0 bridgehead atoms. The quantitative estimate of drug-likeness (QED) is 0.937. The number of nitrogens with zero attached hydrogens (tertiary/aromatic N) is 3. The summed E-state index contributed by atoms with van der Waals surface area (Å²) in [6.07, 6.45) is 5.79. The summed E-state index contributed by atoms with van der Waals surface area (Å²) in [5.41, 5.74) is 1.14. The van der Waals surface area contributed by atoms with Gasteiger partial charge < -0.3 is 10.1 Å². The van der Waals surface area contributed by atoms with E-state index in [1.54, 1.807) is 0 Å². The highest BCUT2D eigenvalue weighted by atomic mass is 32.1. The molecule has 0 aromatic carbocycles. The van der Waals surface area contributed by atoms with Gasteiger partial charge in [-0.3, -0.25) is 4.98 Å². The molecular weight excluding hydrogens is 296 g/mol. The lowest BCUT2D eigenvalue weighted by molar-refractivity contribution is 0.00560. The van der Waals surface area contributed by atoms with Crippen molar-refractivity contribution in [1.29, 1.82) is 0 Å². The average Bonchev–Trinajstić information content (AvgIpc) is 2.97. The molecule has 2 aromatic rings. The maximum Gasteiger partial charge on any atom is 0.202 e. The predicted octanol–water partition coefficient (Wildman–Crippen LogP) is 3.56. The standard InChI is InChI=1S/C16H22N4OS/c1-16(2,3)14-19-15(22-20-14)18-12-5-4-10-21-13(12)11-6-8-17-9-7-11/h6-9,12-13H,4-5,10H2,1-3H3,(H,18,19,20)/t12-,13+/m0/s1. The molecule has 6 heteroatoms. The number of anilines is 1. The largest absolute Gasteiger partial charge is 0.371 e. The molecule has 1 fully saturated rings. The Bertz CT molecular complexity index is 608. The first-order valence-electron chi connectivity index (χ1n) is 7.66. The number of nitrogens with one attached hydrogen (secondary N) is 1. The fourth-order valence-electron chi connectivity index (χ4n) is 2.56. The van der Waals surface area contributed by atoms with Crippen LogP contribution in [0, 0.1) is 0 Å². The van der Waals surface area contributed by atoms with E-state index in [4.69, 9.17) is 4.74 Å². The van der Waals surface area contributed by atoms with Gasteiger partial charge in [-0.25, -0.2) is 4.98 Å². The van der Waals surface area contributed by atoms with E-state index in [0.29, 0.717) is 0 Å². The first-order valence-corrected chi connectivity index (χ1v) is 8.43. The van der Waals surface area contributed by atoms with Crippen LogP contribution in [0.5, 0.6) is 0 Å². The van der Waals surface area contributed by atoms with Crippen LogP contribution < -0.4 is 5.32 Å². The lowest BCUT2D eigenvalue weighted by atomic mass is 9.96. The second-order valence-corrected chi connectivity index (χ2v) is 7.39. The van der Waals surface area contributed by atoms with E-state index in [-0.39, 0.29) is 17.6 Å². The molecule has 1 aliphatic heterocycles. The molecule has 22 heavy (non-hydrogen) atoms. The molecule has 2 atom stereocenters. The molecule has 3 rings (SSSR count). The van der Waals surface area contributed by atoms with Gasteiger partial charge in [-0.1, -0.05) is 20.8 Å².